The molecule has 0 spiro atoms. The van der Waals surface area contributed by atoms with E-state index in [1.54, 1.807) is 6.92 Å². The fourth-order valence-electron chi connectivity index (χ4n) is 1.24. The molecule has 0 bridgehead atoms. The van der Waals surface area contributed by atoms with Crippen LogP contribution in [0.1, 0.15) is 26.2 Å². The summed E-state index contributed by atoms with van der Waals surface area (Å²) in [5.74, 6) is -0.616. The zero-order valence-corrected chi connectivity index (χ0v) is 10.1. The molecule has 2 nitrogen and oxygen atoms in total. The maximum atomic E-state index is 11.7. The number of hydrogen-bond donors (Lipinski definition) is 0. The third-order valence-corrected chi connectivity index (χ3v) is 1.89. The van der Waals surface area contributed by atoms with E-state index in [2.05, 4.69) is 0 Å². The van der Waals surface area contributed by atoms with Crippen LogP contribution in [-0.2, 0) is 9.47 Å². The van der Waals surface area contributed by atoms with Gasteiger partial charge in [0.2, 0.25) is 0 Å². The van der Waals surface area contributed by atoms with E-state index in [9.17, 15) is 8.78 Å². The van der Waals surface area contributed by atoms with Gasteiger partial charge in [-0.15, -0.1) is 6.42 Å². The summed E-state index contributed by atoms with van der Waals surface area (Å²) in [6.45, 7) is 2.92. The molecule has 1 aliphatic heterocycles. The summed E-state index contributed by atoms with van der Waals surface area (Å²) < 4.78 is 33.8. The molecule has 5 heteroatoms. The molecule has 0 radical (unpaired) electrons. The molecule has 0 amide bonds. The monoisotopic (exact) mass is 202 g/mol. The van der Waals surface area contributed by atoms with Crippen LogP contribution >= 0.6 is 0 Å². The van der Waals surface area contributed by atoms with Gasteiger partial charge in [-0.1, -0.05) is 6.42 Å². The van der Waals surface area contributed by atoms with Crippen LogP contribution in [0.15, 0.2) is 0 Å². The second-order valence-electron chi connectivity index (χ2n) is 3.02. The van der Waals surface area contributed by atoms with Crippen LogP contribution in [0, 0.1) is 6.43 Å². The normalized spacial score (nSPS) is 20.3. The Morgan fingerprint density at radius 3 is 2.31 bits per heavy atom. The van der Waals surface area contributed by atoms with Crippen molar-refractivity contribution < 1.29 is 47.8 Å². The topological polar surface area (TPSA) is 18.5 Å². The first-order valence-corrected chi connectivity index (χ1v) is 4.07. The molecule has 0 aliphatic carbocycles. The minimum Gasteiger partial charge on any atom is -0.421 e. The van der Waals surface area contributed by atoms with Gasteiger partial charge in [0, 0.05) is 6.43 Å². The van der Waals surface area contributed by atoms with E-state index in [0.29, 0.717) is 26.1 Å². The van der Waals surface area contributed by atoms with Crippen LogP contribution in [0.5, 0.6) is 0 Å². The summed E-state index contributed by atoms with van der Waals surface area (Å²) in [4.78, 5) is 0. The summed E-state index contributed by atoms with van der Waals surface area (Å²) >= 11 is 0. The molecule has 1 aliphatic rings. The van der Waals surface area contributed by atoms with Crippen molar-refractivity contribution in [1.29, 1.82) is 0 Å². The van der Waals surface area contributed by atoms with Crippen molar-refractivity contribution in [2.75, 3.05) is 13.2 Å². The van der Waals surface area contributed by atoms with E-state index in [1.165, 1.54) is 0 Å². The summed E-state index contributed by atoms with van der Waals surface area (Å²) in [5, 5.41) is 0. The standard InChI is InChI=1S/C8H13F2O2.Na/c1-8(11-5-6-12-8)4-2-3-7(9)10;/h2-6H2,1H3;/q-1;+1. The smallest absolute Gasteiger partial charge is 0.421 e. The van der Waals surface area contributed by atoms with E-state index in [4.69, 9.17) is 9.47 Å². The first-order chi connectivity index (χ1) is 5.62. The molecule has 1 rings (SSSR count). The Balaban J connectivity index is 0.00000144. The Hall–Kier alpha value is 0.780. The van der Waals surface area contributed by atoms with E-state index in [0.717, 1.165) is 0 Å². The SMILES string of the molecule is CC1(CCC[C-](F)F)OCCO1.[Na+]. The average Bonchev–Trinajstić information content (AvgIpc) is 2.35. The maximum absolute atomic E-state index is 11.7. The van der Waals surface area contributed by atoms with Gasteiger partial charge in [0.25, 0.3) is 0 Å². The van der Waals surface area contributed by atoms with Gasteiger partial charge in [-0.2, -0.15) is 0 Å². The number of hydrogen-bond acceptors (Lipinski definition) is 2. The molecule has 0 saturated carbocycles. The summed E-state index contributed by atoms with van der Waals surface area (Å²) in [5.41, 5.74) is 0. The average molecular weight is 202 g/mol. The zero-order chi connectivity index (χ0) is 9.03. The van der Waals surface area contributed by atoms with Crippen LogP contribution in [0.25, 0.3) is 0 Å². The summed E-state index contributed by atoms with van der Waals surface area (Å²) in [7, 11) is 0. The first kappa shape index (κ1) is 13.8. The second kappa shape index (κ2) is 6.30. The third kappa shape index (κ3) is 5.27. The molecule has 1 fully saturated rings. The Bertz CT molecular complexity index is 138. The van der Waals surface area contributed by atoms with Gasteiger partial charge in [0.05, 0.1) is 13.2 Å². The number of halogens is 2. The van der Waals surface area contributed by atoms with E-state index >= 15 is 0 Å². The van der Waals surface area contributed by atoms with Gasteiger partial charge in [0.1, 0.15) is 0 Å². The molecular weight excluding hydrogens is 189 g/mol. The Kier molecular flexibility index (Phi) is 6.68. The number of rotatable bonds is 4. The molecule has 1 heterocycles. The fraction of sp³-hybridized carbons (Fsp3) is 0.875. The summed E-state index contributed by atoms with van der Waals surface area (Å²) in [6, 6.07) is 0. The van der Waals surface area contributed by atoms with E-state index in [1.807, 2.05) is 0 Å². The Morgan fingerprint density at radius 2 is 1.85 bits per heavy atom. The summed E-state index contributed by atoms with van der Waals surface area (Å²) in [6.07, 6.45) is -0.720. The van der Waals surface area contributed by atoms with Crippen LogP contribution in [-0.4, -0.2) is 19.0 Å². The van der Waals surface area contributed by atoms with Crippen molar-refractivity contribution in [2.24, 2.45) is 0 Å². The van der Waals surface area contributed by atoms with Gasteiger partial charge in [0.15, 0.2) is 5.79 Å². The number of ether oxygens (including phenoxy) is 2. The molecule has 0 aromatic rings. The van der Waals surface area contributed by atoms with Crippen LogP contribution in [0.3, 0.4) is 0 Å². The van der Waals surface area contributed by atoms with Crippen LogP contribution in [0.2, 0.25) is 0 Å². The largest absolute Gasteiger partial charge is 1.00 e. The van der Waals surface area contributed by atoms with Gasteiger partial charge in [-0.05, 0) is 13.3 Å². The molecule has 72 valence electrons. The molecule has 0 aromatic heterocycles. The van der Waals surface area contributed by atoms with Gasteiger partial charge in [-0.3, -0.25) is 0 Å². The van der Waals surface area contributed by atoms with Gasteiger partial charge < -0.3 is 18.3 Å². The van der Waals surface area contributed by atoms with Gasteiger partial charge >= 0.3 is 29.6 Å². The molecule has 1 saturated heterocycles. The molecular formula is C8H13F2NaO2. The van der Waals surface area contributed by atoms with Crippen molar-refractivity contribution in [3.63, 3.8) is 0 Å². The molecule has 0 unspecified atom stereocenters. The van der Waals surface area contributed by atoms with Crippen molar-refractivity contribution in [2.45, 2.75) is 32.0 Å². The predicted octanol–water partition coefficient (Wildman–Crippen LogP) is -0.648. The molecule has 0 N–H and O–H groups in total. The van der Waals surface area contributed by atoms with Crippen molar-refractivity contribution >= 4 is 0 Å². The quantitative estimate of drug-likeness (QED) is 0.445. The zero-order valence-electron chi connectivity index (χ0n) is 8.11. The maximum Gasteiger partial charge on any atom is 1.00 e. The third-order valence-electron chi connectivity index (χ3n) is 1.89. The predicted molar refractivity (Wildman–Crippen MR) is 39.6 cm³/mol. The van der Waals surface area contributed by atoms with E-state index < -0.39 is 12.2 Å². The first-order valence-electron chi connectivity index (χ1n) is 4.07. The van der Waals surface area contributed by atoms with Crippen molar-refractivity contribution in [3.8, 4) is 0 Å². The van der Waals surface area contributed by atoms with Crippen LogP contribution < -0.4 is 29.6 Å². The van der Waals surface area contributed by atoms with Crippen LogP contribution in [0.4, 0.5) is 8.78 Å². The van der Waals surface area contributed by atoms with Gasteiger partial charge in [-0.25, -0.2) is 0 Å². The van der Waals surface area contributed by atoms with E-state index in [-0.39, 0.29) is 36.0 Å². The van der Waals surface area contributed by atoms with Crippen molar-refractivity contribution in [1.82, 2.24) is 0 Å². The molecule has 0 atom stereocenters. The Morgan fingerprint density at radius 1 is 1.31 bits per heavy atom. The molecule has 13 heavy (non-hydrogen) atoms. The molecule has 0 aromatic carbocycles. The minimum atomic E-state index is -1.52. The minimum absolute atomic E-state index is 0. The van der Waals surface area contributed by atoms with Crippen molar-refractivity contribution in [3.05, 3.63) is 6.43 Å². The second-order valence-corrected chi connectivity index (χ2v) is 3.02. The Labute approximate surface area is 99.3 Å². The fourth-order valence-corrected chi connectivity index (χ4v) is 1.24.